The van der Waals surface area contributed by atoms with Crippen molar-refractivity contribution >= 4 is 35.1 Å². The summed E-state index contributed by atoms with van der Waals surface area (Å²) in [6.07, 6.45) is 0.00903. The Morgan fingerprint density at radius 3 is 1.88 bits per heavy atom. The minimum atomic E-state index is -0.374. The van der Waals surface area contributed by atoms with Gasteiger partial charge < -0.3 is 16.0 Å². The number of anilines is 2. The summed E-state index contributed by atoms with van der Waals surface area (Å²) < 4.78 is 0. The van der Waals surface area contributed by atoms with Gasteiger partial charge in [0.25, 0.3) is 11.8 Å². The van der Waals surface area contributed by atoms with Crippen LogP contribution in [0.2, 0.25) is 0 Å². The highest BCUT2D eigenvalue weighted by Gasteiger charge is 2.35. The Morgan fingerprint density at radius 1 is 0.765 bits per heavy atom. The van der Waals surface area contributed by atoms with Crippen molar-refractivity contribution in [3.63, 3.8) is 0 Å². The van der Waals surface area contributed by atoms with Gasteiger partial charge in [0, 0.05) is 24.3 Å². The van der Waals surface area contributed by atoms with E-state index in [1.807, 2.05) is 37.3 Å². The molecule has 0 fully saturated rings. The van der Waals surface area contributed by atoms with Gasteiger partial charge >= 0.3 is 6.03 Å². The number of nitrogens with zero attached hydrogens (tertiary/aromatic N) is 1. The third-order valence-electron chi connectivity index (χ3n) is 5.52. The van der Waals surface area contributed by atoms with Crippen LogP contribution in [-0.2, 0) is 4.79 Å². The number of hydrogen-bond acceptors (Lipinski definition) is 4. The summed E-state index contributed by atoms with van der Waals surface area (Å²) in [6.45, 7) is 1.86. The smallest absolute Gasteiger partial charge is 0.323 e. The second kappa shape index (κ2) is 9.99. The van der Waals surface area contributed by atoms with Gasteiger partial charge in [-0.25, -0.2) is 4.79 Å². The average molecular weight is 457 g/mol. The van der Waals surface area contributed by atoms with Crippen LogP contribution in [0.15, 0.2) is 78.9 Å². The van der Waals surface area contributed by atoms with Gasteiger partial charge in [0.05, 0.1) is 17.2 Å². The van der Waals surface area contributed by atoms with Crippen molar-refractivity contribution in [3.05, 3.63) is 95.6 Å². The van der Waals surface area contributed by atoms with Crippen molar-refractivity contribution in [2.45, 2.75) is 19.4 Å². The Kier molecular flexibility index (Phi) is 6.68. The molecule has 0 bridgehead atoms. The molecule has 0 saturated carbocycles. The first-order chi connectivity index (χ1) is 16.4. The topological polar surface area (TPSA) is 108 Å². The largest absolute Gasteiger partial charge is 0.350 e. The van der Waals surface area contributed by atoms with Crippen LogP contribution in [0.4, 0.5) is 16.2 Å². The first-order valence-electron chi connectivity index (χ1n) is 10.9. The molecule has 3 aromatic carbocycles. The maximum absolute atomic E-state index is 12.4. The fourth-order valence-corrected chi connectivity index (χ4v) is 3.72. The molecule has 8 heteroatoms. The summed E-state index contributed by atoms with van der Waals surface area (Å²) in [5.74, 6) is -1.02. The lowest BCUT2D eigenvalue weighted by atomic mass is 10.1. The number of para-hydroxylation sites is 1. The van der Waals surface area contributed by atoms with Crippen LogP contribution in [-0.4, -0.2) is 35.2 Å². The van der Waals surface area contributed by atoms with E-state index >= 15 is 0 Å². The lowest BCUT2D eigenvalue weighted by Crippen LogP contribution is -2.35. The fraction of sp³-hybridized carbons (Fsp3) is 0.154. The summed E-state index contributed by atoms with van der Waals surface area (Å²) >= 11 is 0. The lowest BCUT2D eigenvalue weighted by Gasteiger charge is -2.17. The monoisotopic (exact) mass is 456 g/mol. The Balaban J connectivity index is 1.26. The summed E-state index contributed by atoms with van der Waals surface area (Å²) in [5.41, 5.74) is 2.89. The molecule has 0 aliphatic carbocycles. The highest BCUT2D eigenvalue weighted by atomic mass is 16.2. The zero-order valence-electron chi connectivity index (χ0n) is 18.6. The molecule has 4 rings (SSSR count). The molecule has 3 N–H and O–H groups in total. The van der Waals surface area contributed by atoms with E-state index in [2.05, 4.69) is 16.0 Å². The van der Waals surface area contributed by atoms with E-state index in [1.165, 1.54) is 0 Å². The standard InChI is InChI=1S/C26H24N4O4/c1-17(18-11-13-20(14-12-18)29-26(34)28-19-7-3-2-4-8-19)27-23(31)15-16-30-24(32)21-9-5-6-10-22(21)25(30)33/h2-14,17H,15-16H2,1H3,(H,27,31)(H2,28,29,34). The molecule has 0 spiro atoms. The van der Waals surface area contributed by atoms with Gasteiger partial charge in [-0.15, -0.1) is 0 Å². The van der Waals surface area contributed by atoms with E-state index in [1.54, 1.807) is 48.5 Å². The second-order valence-corrected chi connectivity index (χ2v) is 7.91. The van der Waals surface area contributed by atoms with E-state index in [0.29, 0.717) is 22.5 Å². The number of imide groups is 1. The van der Waals surface area contributed by atoms with Crippen molar-refractivity contribution in [3.8, 4) is 0 Å². The number of rotatable bonds is 7. The zero-order valence-corrected chi connectivity index (χ0v) is 18.6. The highest BCUT2D eigenvalue weighted by Crippen LogP contribution is 2.22. The molecule has 0 aromatic heterocycles. The van der Waals surface area contributed by atoms with Crippen LogP contribution in [0.25, 0.3) is 0 Å². The quantitative estimate of drug-likeness (QED) is 0.463. The van der Waals surface area contributed by atoms with Crippen LogP contribution in [0.5, 0.6) is 0 Å². The molecule has 0 saturated heterocycles. The van der Waals surface area contributed by atoms with Crippen molar-refractivity contribution in [2.75, 3.05) is 17.2 Å². The van der Waals surface area contributed by atoms with Gasteiger partial charge in [0.1, 0.15) is 0 Å². The number of hydrogen-bond donors (Lipinski definition) is 3. The molecule has 1 unspecified atom stereocenters. The summed E-state index contributed by atoms with van der Waals surface area (Å²) in [5, 5.41) is 8.38. The predicted molar refractivity (Wildman–Crippen MR) is 129 cm³/mol. The number of fused-ring (bicyclic) bond motifs is 1. The maximum Gasteiger partial charge on any atom is 0.323 e. The Hall–Kier alpha value is -4.46. The third kappa shape index (κ3) is 5.12. The zero-order chi connectivity index (χ0) is 24.1. The lowest BCUT2D eigenvalue weighted by molar-refractivity contribution is -0.121. The van der Waals surface area contributed by atoms with Crippen molar-refractivity contribution in [1.29, 1.82) is 0 Å². The molecule has 8 nitrogen and oxygen atoms in total. The van der Waals surface area contributed by atoms with Gasteiger partial charge in [-0.05, 0) is 48.9 Å². The van der Waals surface area contributed by atoms with E-state index in [9.17, 15) is 19.2 Å². The molecule has 3 aromatic rings. The first kappa shape index (κ1) is 22.7. The average Bonchev–Trinajstić information content (AvgIpc) is 3.08. The second-order valence-electron chi connectivity index (χ2n) is 7.91. The van der Waals surface area contributed by atoms with Gasteiger partial charge in [-0.1, -0.05) is 42.5 Å². The number of carbonyl (C=O) groups is 4. The van der Waals surface area contributed by atoms with Crippen LogP contribution in [0, 0.1) is 0 Å². The van der Waals surface area contributed by atoms with Crippen molar-refractivity contribution in [2.24, 2.45) is 0 Å². The SMILES string of the molecule is CC(NC(=O)CCN1C(=O)c2ccccc2C1=O)c1ccc(NC(=O)Nc2ccccc2)cc1. The molecule has 5 amide bonds. The molecule has 172 valence electrons. The maximum atomic E-state index is 12.4. The summed E-state index contributed by atoms with van der Waals surface area (Å²) in [7, 11) is 0. The Bertz CT molecular complexity index is 1190. The molecular weight excluding hydrogens is 432 g/mol. The van der Waals surface area contributed by atoms with Gasteiger partial charge in [0.2, 0.25) is 5.91 Å². The van der Waals surface area contributed by atoms with E-state index in [0.717, 1.165) is 10.5 Å². The predicted octanol–water partition coefficient (Wildman–Crippen LogP) is 4.19. The van der Waals surface area contributed by atoms with Gasteiger partial charge in [-0.2, -0.15) is 0 Å². The van der Waals surface area contributed by atoms with Crippen LogP contribution >= 0.6 is 0 Å². The highest BCUT2D eigenvalue weighted by molar-refractivity contribution is 6.21. The molecule has 1 aliphatic rings. The van der Waals surface area contributed by atoms with E-state index in [4.69, 9.17) is 0 Å². The number of nitrogens with one attached hydrogen (secondary N) is 3. The Morgan fingerprint density at radius 2 is 1.29 bits per heavy atom. The summed E-state index contributed by atoms with van der Waals surface area (Å²) in [4.78, 5) is 50.5. The minimum Gasteiger partial charge on any atom is -0.350 e. The molecule has 1 atom stereocenters. The molecule has 34 heavy (non-hydrogen) atoms. The molecular formula is C26H24N4O4. The number of carbonyl (C=O) groups excluding carboxylic acids is 4. The fourth-order valence-electron chi connectivity index (χ4n) is 3.72. The first-order valence-corrected chi connectivity index (χ1v) is 10.9. The van der Waals surface area contributed by atoms with Gasteiger partial charge in [0.15, 0.2) is 0 Å². The normalized spacial score (nSPS) is 13.3. The van der Waals surface area contributed by atoms with Crippen molar-refractivity contribution < 1.29 is 19.2 Å². The number of benzene rings is 3. The molecule has 1 aliphatic heterocycles. The van der Waals surface area contributed by atoms with Gasteiger partial charge in [-0.3, -0.25) is 19.3 Å². The van der Waals surface area contributed by atoms with Crippen LogP contribution in [0.1, 0.15) is 45.7 Å². The Labute approximate surface area is 197 Å². The minimum absolute atomic E-state index is 0.00903. The number of urea groups is 1. The van der Waals surface area contributed by atoms with Crippen LogP contribution in [0.3, 0.4) is 0 Å². The third-order valence-corrected chi connectivity index (χ3v) is 5.52. The molecule has 0 radical (unpaired) electrons. The van der Waals surface area contributed by atoms with Crippen LogP contribution < -0.4 is 16.0 Å². The number of amides is 5. The molecule has 1 heterocycles. The van der Waals surface area contributed by atoms with Crippen molar-refractivity contribution in [1.82, 2.24) is 10.2 Å². The van der Waals surface area contributed by atoms with E-state index < -0.39 is 0 Å². The summed E-state index contributed by atoms with van der Waals surface area (Å²) in [6, 6.07) is 22.2. The van der Waals surface area contributed by atoms with E-state index in [-0.39, 0.29) is 42.8 Å².